The Hall–Kier alpha value is -0.640. The second kappa shape index (κ2) is 6.86. The fourth-order valence-electron chi connectivity index (χ4n) is 1.53. The molecular formula is C12H18F8O2. The maximum Gasteiger partial charge on any atom is 0.453 e. The van der Waals surface area contributed by atoms with Gasteiger partial charge in [0.2, 0.25) is 0 Å². The molecule has 0 heterocycles. The molecule has 134 valence electrons. The third-order valence-corrected chi connectivity index (χ3v) is 2.19. The summed E-state index contributed by atoms with van der Waals surface area (Å²) in [5, 5.41) is 0. The second-order valence-corrected chi connectivity index (χ2v) is 5.71. The van der Waals surface area contributed by atoms with Crippen molar-refractivity contribution in [1.82, 2.24) is 0 Å². The van der Waals surface area contributed by atoms with Gasteiger partial charge in [-0.2, -0.15) is 35.1 Å². The Morgan fingerprint density at radius 3 is 1.00 bits per heavy atom. The zero-order valence-electron chi connectivity index (χ0n) is 12.4. The van der Waals surface area contributed by atoms with E-state index in [4.69, 9.17) is 0 Å². The van der Waals surface area contributed by atoms with Crippen molar-refractivity contribution in [1.29, 1.82) is 0 Å². The minimum absolute atomic E-state index is 0.859. The molecule has 0 N–H and O–H groups in total. The van der Waals surface area contributed by atoms with E-state index in [1.807, 2.05) is 0 Å². The van der Waals surface area contributed by atoms with Crippen molar-refractivity contribution in [2.75, 3.05) is 0 Å². The predicted molar refractivity (Wildman–Crippen MR) is 60.9 cm³/mol. The molecule has 0 saturated carbocycles. The molecule has 0 bridgehead atoms. The largest absolute Gasteiger partial charge is 0.453 e. The average Bonchev–Trinajstić information content (AvgIpc) is 2.06. The van der Waals surface area contributed by atoms with Crippen molar-refractivity contribution in [2.24, 2.45) is 11.8 Å². The zero-order valence-corrected chi connectivity index (χ0v) is 12.4. The SMILES string of the molecule is CC(C)CC(F)(F)OC(F)(F)C(F)(F)OC(F)(F)CC(C)C. The molecule has 0 spiro atoms. The summed E-state index contributed by atoms with van der Waals surface area (Å²) in [4.78, 5) is 0. The highest BCUT2D eigenvalue weighted by atomic mass is 19.3. The minimum atomic E-state index is -5.92. The standard InChI is InChI=1S/C12H18F8O2/c1-7(2)5-9(13,14)21-11(17,18)12(19,20)22-10(15,16)6-8(3)4/h7-8H,5-6H2,1-4H3. The first kappa shape index (κ1) is 21.4. The molecule has 0 aliphatic carbocycles. The molecule has 0 aromatic heterocycles. The van der Waals surface area contributed by atoms with Crippen molar-refractivity contribution in [3.63, 3.8) is 0 Å². The number of ether oxygens (including phenoxy) is 2. The van der Waals surface area contributed by atoms with Gasteiger partial charge >= 0.3 is 24.4 Å². The second-order valence-electron chi connectivity index (χ2n) is 5.71. The quantitative estimate of drug-likeness (QED) is 0.515. The van der Waals surface area contributed by atoms with Gasteiger partial charge in [0.05, 0.1) is 0 Å². The van der Waals surface area contributed by atoms with Gasteiger partial charge in [-0.15, -0.1) is 0 Å². The van der Waals surface area contributed by atoms with Crippen LogP contribution in [0.5, 0.6) is 0 Å². The van der Waals surface area contributed by atoms with Crippen LogP contribution in [0.4, 0.5) is 35.1 Å². The number of alkyl halides is 8. The van der Waals surface area contributed by atoms with Crippen LogP contribution >= 0.6 is 0 Å². The van der Waals surface area contributed by atoms with Crippen LogP contribution in [0, 0.1) is 11.8 Å². The van der Waals surface area contributed by atoms with E-state index in [-0.39, 0.29) is 0 Å². The fraction of sp³-hybridized carbons (Fsp3) is 1.00. The van der Waals surface area contributed by atoms with E-state index in [1.165, 1.54) is 27.7 Å². The van der Waals surface area contributed by atoms with Crippen molar-refractivity contribution in [2.45, 2.75) is 65.0 Å². The zero-order chi connectivity index (χ0) is 18.0. The molecule has 0 unspecified atom stereocenters. The first-order valence-electron chi connectivity index (χ1n) is 6.41. The number of rotatable bonds is 9. The number of halogens is 8. The van der Waals surface area contributed by atoms with Gasteiger partial charge < -0.3 is 0 Å². The molecule has 0 saturated heterocycles. The van der Waals surface area contributed by atoms with Gasteiger partial charge in [0, 0.05) is 12.8 Å². The van der Waals surface area contributed by atoms with Gasteiger partial charge in [-0.1, -0.05) is 27.7 Å². The van der Waals surface area contributed by atoms with Gasteiger partial charge in [0.25, 0.3) is 0 Å². The highest BCUT2D eigenvalue weighted by Gasteiger charge is 2.67. The Labute approximate surface area is 122 Å². The lowest BCUT2D eigenvalue weighted by atomic mass is 10.1. The van der Waals surface area contributed by atoms with Crippen molar-refractivity contribution in [3.8, 4) is 0 Å². The van der Waals surface area contributed by atoms with Crippen LogP contribution in [0.1, 0.15) is 40.5 Å². The van der Waals surface area contributed by atoms with Crippen LogP contribution in [0.2, 0.25) is 0 Å². The molecule has 0 fully saturated rings. The summed E-state index contributed by atoms with van der Waals surface area (Å²) in [6.07, 6.45) is -23.7. The minimum Gasteiger partial charge on any atom is -0.248 e. The first-order valence-corrected chi connectivity index (χ1v) is 6.41. The summed E-state index contributed by atoms with van der Waals surface area (Å²) in [5.74, 6) is -1.72. The van der Waals surface area contributed by atoms with Crippen molar-refractivity contribution >= 4 is 0 Å². The third-order valence-electron chi connectivity index (χ3n) is 2.19. The predicted octanol–water partition coefficient (Wildman–Crippen LogP) is 5.48. The smallest absolute Gasteiger partial charge is 0.248 e. The Morgan fingerprint density at radius 1 is 0.591 bits per heavy atom. The van der Waals surface area contributed by atoms with E-state index in [0.29, 0.717) is 0 Å². The maximum atomic E-state index is 13.1. The summed E-state index contributed by atoms with van der Waals surface area (Å²) >= 11 is 0. The first-order chi connectivity index (χ1) is 9.50. The summed E-state index contributed by atoms with van der Waals surface area (Å²) in [6, 6.07) is 0. The molecule has 10 heteroatoms. The van der Waals surface area contributed by atoms with Crippen molar-refractivity contribution < 1.29 is 44.6 Å². The van der Waals surface area contributed by atoms with Crippen LogP contribution in [0.15, 0.2) is 0 Å². The lowest BCUT2D eigenvalue weighted by Gasteiger charge is -2.32. The summed E-state index contributed by atoms with van der Waals surface area (Å²) in [5.41, 5.74) is 0. The van der Waals surface area contributed by atoms with Crippen molar-refractivity contribution in [3.05, 3.63) is 0 Å². The molecule has 2 nitrogen and oxygen atoms in total. The lowest BCUT2D eigenvalue weighted by molar-refractivity contribution is -0.514. The molecule has 0 aromatic carbocycles. The number of hydrogen-bond donors (Lipinski definition) is 0. The van der Waals surface area contributed by atoms with Gasteiger partial charge in [-0.25, -0.2) is 9.47 Å². The molecule has 0 rings (SSSR count). The summed E-state index contributed by atoms with van der Waals surface area (Å²) < 4.78 is 110. The molecule has 0 radical (unpaired) electrons. The van der Waals surface area contributed by atoms with E-state index in [2.05, 4.69) is 9.47 Å². The van der Waals surface area contributed by atoms with Crippen LogP contribution in [-0.4, -0.2) is 24.4 Å². The Kier molecular flexibility index (Phi) is 6.66. The van der Waals surface area contributed by atoms with Crippen LogP contribution in [-0.2, 0) is 9.47 Å². The lowest BCUT2D eigenvalue weighted by Crippen LogP contribution is -2.52. The molecule has 0 aliphatic rings. The molecule has 0 atom stereocenters. The Balaban J connectivity index is 5.07. The average molecular weight is 346 g/mol. The fourth-order valence-corrected chi connectivity index (χ4v) is 1.53. The van der Waals surface area contributed by atoms with Crippen LogP contribution in [0.25, 0.3) is 0 Å². The van der Waals surface area contributed by atoms with E-state index in [1.54, 1.807) is 0 Å². The third kappa shape index (κ3) is 7.08. The van der Waals surface area contributed by atoms with Gasteiger partial charge in [-0.3, -0.25) is 0 Å². The topological polar surface area (TPSA) is 18.5 Å². The van der Waals surface area contributed by atoms with Gasteiger partial charge in [0.15, 0.2) is 0 Å². The summed E-state index contributed by atoms with van der Waals surface area (Å²) in [6.45, 7) is 4.84. The molecule has 0 aliphatic heterocycles. The van der Waals surface area contributed by atoms with Gasteiger partial charge in [0.1, 0.15) is 0 Å². The normalized spacial score (nSPS) is 15.0. The molecule has 0 aromatic rings. The summed E-state index contributed by atoms with van der Waals surface area (Å²) in [7, 11) is 0. The highest BCUT2D eigenvalue weighted by molar-refractivity contribution is 4.73. The van der Waals surface area contributed by atoms with Crippen LogP contribution in [0.3, 0.4) is 0 Å². The Bertz CT molecular complexity index is 321. The molecule has 0 amide bonds. The van der Waals surface area contributed by atoms with E-state index in [0.717, 1.165) is 0 Å². The number of hydrogen-bond acceptors (Lipinski definition) is 2. The van der Waals surface area contributed by atoms with E-state index < -0.39 is 49.1 Å². The van der Waals surface area contributed by atoms with Gasteiger partial charge in [-0.05, 0) is 11.8 Å². The Morgan fingerprint density at radius 2 is 0.818 bits per heavy atom. The monoisotopic (exact) mass is 346 g/mol. The van der Waals surface area contributed by atoms with E-state index >= 15 is 0 Å². The van der Waals surface area contributed by atoms with Crippen LogP contribution < -0.4 is 0 Å². The molecule has 22 heavy (non-hydrogen) atoms. The van der Waals surface area contributed by atoms with E-state index in [9.17, 15) is 35.1 Å². The highest BCUT2D eigenvalue weighted by Crippen LogP contribution is 2.45. The maximum absolute atomic E-state index is 13.1. The molecular weight excluding hydrogens is 328 g/mol.